The maximum atomic E-state index is 12.1. The Morgan fingerprint density at radius 2 is 1.87 bits per heavy atom. The average molecular weight is 317 g/mol. The van der Waals surface area contributed by atoms with Crippen LogP contribution >= 0.6 is 0 Å². The number of hydrogen-bond acceptors (Lipinski definition) is 3. The van der Waals surface area contributed by atoms with Crippen LogP contribution in [-0.4, -0.2) is 36.3 Å². The summed E-state index contributed by atoms with van der Waals surface area (Å²) in [6, 6.07) is 8.07. The van der Waals surface area contributed by atoms with Gasteiger partial charge < -0.3 is 11.1 Å². The second kappa shape index (κ2) is 8.67. The lowest BCUT2D eigenvalue weighted by atomic mass is 9.96. The molecule has 0 aromatic heterocycles. The molecule has 0 bridgehead atoms. The molecule has 1 aromatic carbocycles. The number of likely N-dealkylation sites (tertiary alicyclic amines) is 1. The Morgan fingerprint density at radius 1 is 1.22 bits per heavy atom. The topological polar surface area (TPSA) is 75.4 Å². The number of rotatable bonds is 7. The monoisotopic (exact) mass is 317 g/mol. The number of hydrogen-bond donors (Lipinski definition) is 2. The summed E-state index contributed by atoms with van der Waals surface area (Å²) < 4.78 is 0. The molecule has 5 heteroatoms. The third kappa shape index (κ3) is 5.67. The fourth-order valence-corrected chi connectivity index (χ4v) is 2.91. The largest absolute Gasteiger partial charge is 0.369 e. The summed E-state index contributed by atoms with van der Waals surface area (Å²) >= 11 is 0. The molecule has 0 saturated carbocycles. The van der Waals surface area contributed by atoms with Gasteiger partial charge in [-0.05, 0) is 56.5 Å². The molecule has 0 aliphatic carbocycles. The second-order valence-corrected chi connectivity index (χ2v) is 6.30. The van der Waals surface area contributed by atoms with Gasteiger partial charge in [0.25, 0.3) is 0 Å². The fourth-order valence-electron chi connectivity index (χ4n) is 2.91. The van der Waals surface area contributed by atoms with Crippen molar-refractivity contribution in [2.24, 2.45) is 11.7 Å². The minimum absolute atomic E-state index is 0.0103. The van der Waals surface area contributed by atoms with E-state index in [0.717, 1.165) is 38.0 Å². The van der Waals surface area contributed by atoms with E-state index in [0.29, 0.717) is 6.54 Å². The Bertz CT molecular complexity index is 520. The highest BCUT2D eigenvalue weighted by molar-refractivity contribution is 5.92. The number of primary amides is 1. The van der Waals surface area contributed by atoms with Gasteiger partial charge in [0.05, 0.1) is 6.54 Å². The molecule has 0 unspecified atom stereocenters. The van der Waals surface area contributed by atoms with Crippen molar-refractivity contribution in [2.75, 3.05) is 25.0 Å². The van der Waals surface area contributed by atoms with E-state index in [1.165, 1.54) is 18.4 Å². The van der Waals surface area contributed by atoms with Gasteiger partial charge in [-0.1, -0.05) is 25.5 Å². The molecule has 1 fully saturated rings. The Morgan fingerprint density at radius 3 is 2.43 bits per heavy atom. The smallest absolute Gasteiger partial charge is 0.238 e. The van der Waals surface area contributed by atoms with Crippen LogP contribution < -0.4 is 11.1 Å². The molecule has 3 N–H and O–H groups in total. The maximum absolute atomic E-state index is 12.1. The summed E-state index contributed by atoms with van der Waals surface area (Å²) in [6.07, 6.45) is 4.95. The Hall–Kier alpha value is -1.88. The number of amides is 2. The van der Waals surface area contributed by atoms with E-state index in [9.17, 15) is 9.59 Å². The zero-order chi connectivity index (χ0) is 16.7. The van der Waals surface area contributed by atoms with Gasteiger partial charge in [0.15, 0.2) is 0 Å². The normalized spacial score (nSPS) is 16.2. The number of anilines is 1. The van der Waals surface area contributed by atoms with Crippen molar-refractivity contribution in [1.29, 1.82) is 0 Å². The van der Waals surface area contributed by atoms with Crippen molar-refractivity contribution < 1.29 is 9.59 Å². The molecule has 0 radical (unpaired) electrons. The third-order valence-electron chi connectivity index (χ3n) is 4.41. The number of nitrogens with zero attached hydrogens (tertiary/aromatic N) is 1. The summed E-state index contributed by atoms with van der Waals surface area (Å²) in [5.74, 6) is -0.272. The van der Waals surface area contributed by atoms with Gasteiger partial charge >= 0.3 is 0 Å². The van der Waals surface area contributed by atoms with E-state index in [-0.39, 0.29) is 17.7 Å². The van der Waals surface area contributed by atoms with Crippen molar-refractivity contribution in [3.8, 4) is 0 Å². The molecule has 0 spiro atoms. The van der Waals surface area contributed by atoms with E-state index in [2.05, 4.69) is 29.3 Å². The zero-order valence-electron chi connectivity index (χ0n) is 13.9. The minimum atomic E-state index is -0.225. The van der Waals surface area contributed by atoms with Crippen LogP contribution in [0.3, 0.4) is 0 Å². The highest BCUT2D eigenvalue weighted by Crippen LogP contribution is 2.17. The number of carbonyl (C=O) groups excluding carboxylic acids is 2. The van der Waals surface area contributed by atoms with E-state index in [1.807, 2.05) is 12.1 Å². The number of unbranched alkanes of at least 4 members (excludes halogenated alkanes) is 1. The average Bonchev–Trinajstić information content (AvgIpc) is 2.54. The molecule has 23 heavy (non-hydrogen) atoms. The molecular formula is C18H27N3O2. The minimum Gasteiger partial charge on any atom is -0.369 e. The molecule has 2 amide bonds. The van der Waals surface area contributed by atoms with Crippen molar-refractivity contribution in [2.45, 2.75) is 39.0 Å². The van der Waals surface area contributed by atoms with Gasteiger partial charge in [-0.3, -0.25) is 14.5 Å². The highest BCUT2D eigenvalue weighted by Gasteiger charge is 2.24. The number of carbonyl (C=O) groups is 2. The number of benzene rings is 1. The van der Waals surface area contributed by atoms with Gasteiger partial charge in [0.2, 0.25) is 11.8 Å². The fraction of sp³-hybridized carbons (Fsp3) is 0.556. The van der Waals surface area contributed by atoms with E-state index >= 15 is 0 Å². The first-order chi connectivity index (χ1) is 11.1. The quantitative estimate of drug-likeness (QED) is 0.809. The number of nitrogens with two attached hydrogens (primary N) is 1. The number of nitrogens with one attached hydrogen (secondary N) is 1. The predicted molar refractivity (Wildman–Crippen MR) is 92.0 cm³/mol. The predicted octanol–water partition coefficient (Wildman–Crippen LogP) is 2.17. The van der Waals surface area contributed by atoms with Crippen LogP contribution in [0.25, 0.3) is 0 Å². The van der Waals surface area contributed by atoms with Crippen LogP contribution in [0.1, 0.15) is 38.2 Å². The Balaban J connectivity index is 1.75. The second-order valence-electron chi connectivity index (χ2n) is 6.30. The van der Waals surface area contributed by atoms with Gasteiger partial charge in [-0.2, -0.15) is 0 Å². The number of aryl methyl sites for hydroxylation is 1. The molecule has 5 nitrogen and oxygen atoms in total. The van der Waals surface area contributed by atoms with Crippen LogP contribution in [0.15, 0.2) is 24.3 Å². The van der Waals surface area contributed by atoms with Crippen LogP contribution in [0.4, 0.5) is 5.69 Å². The molecule has 1 aliphatic heterocycles. The molecular weight excluding hydrogens is 290 g/mol. The summed E-state index contributed by atoms with van der Waals surface area (Å²) in [6.45, 7) is 4.04. The standard InChI is InChI=1S/C18H27N3O2/c1-2-3-4-14-5-7-16(8-6-14)20-17(22)13-21-11-9-15(10-12-21)18(19)23/h5-8,15H,2-4,9-13H2,1H3,(H2,19,23)(H,20,22). The summed E-state index contributed by atoms with van der Waals surface area (Å²) in [5.41, 5.74) is 7.46. The van der Waals surface area contributed by atoms with Gasteiger partial charge in [0.1, 0.15) is 0 Å². The zero-order valence-corrected chi connectivity index (χ0v) is 13.9. The molecule has 1 aromatic rings. The SMILES string of the molecule is CCCCc1ccc(NC(=O)CN2CCC(C(N)=O)CC2)cc1. The van der Waals surface area contributed by atoms with Crippen LogP contribution in [0, 0.1) is 5.92 Å². The van der Waals surface area contributed by atoms with E-state index in [1.54, 1.807) is 0 Å². The lowest BCUT2D eigenvalue weighted by molar-refractivity contribution is -0.123. The summed E-state index contributed by atoms with van der Waals surface area (Å²) in [7, 11) is 0. The van der Waals surface area contributed by atoms with Gasteiger partial charge in [-0.25, -0.2) is 0 Å². The molecule has 1 saturated heterocycles. The van der Waals surface area contributed by atoms with Crippen LogP contribution in [0.2, 0.25) is 0 Å². The molecule has 2 rings (SSSR count). The first-order valence-corrected chi connectivity index (χ1v) is 8.49. The first kappa shape index (κ1) is 17.5. The number of piperidine rings is 1. The Labute approximate surface area is 138 Å². The highest BCUT2D eigenvalue weighted by atomic mass is 16.2. The van der Waals surface area contributed by atoms with Crippen molar-refractivity contribution >= 4 is 17.5 Å². The van der Waals surface area contributed by atoms with Crippen molar-refractivity contribution in [1.82, 2.24) is 4.90 Å². The molecule has 0 atom stereocenters. The van der Waals surface area contributed by atoms with Gasteiger partial charge in [0, 0.05) is 11.6 Å². The van der Waals surface area contributed by atoms with Gasteiger partial charge in [-0.15, -0.1) is 0 Å². The van der Waals surface area contributed by atoms with E-state index in [4.69, 9.17) is 5.73 Å². The summed E-state index contributed by atoms with van der Waals surface area (Å²) in [4.78, 5) is 25.3. The van der Waals surface area contributed by atoms with Crippen molar-refractivity contribution in [3.63, 3.8) is 0 Å². The maximum Gasteiger partial charge on any atom is 0.238 e. The third-order valence-corrected chi connectivity index (χ3v) is 4.41. The lowest BCUT2D eigenvalue weighted by Gasteiger charge is -2.29. The van der Waals surface area contributed by atoms with Crippen molar-refractivity contribution in [3.05, 3.63) is 29.8 Å². The molecule has 1 heterocycles. The van der Waals surface area contributed by atoms with Crippen LogP contribution in [0.5, 0.6) is 0 Å². The molecule has 126 valence electrons. The van der Waals surface area contributed by atoms with E-state index < -0.39 is 0 Å². The van der Waals surface area contributed by atoms with Crippen LogP contribution in [-0.2, 0) is 16.0 Å². The first-order valence-electron chi connectivity index (χ1n) is 8.49. The molecule has 1 aliphatic rings. The summed E-state index contributed by atoms with van der Waals surface area (Å²) in [5, 5.41) is 2.93. The Kier molecular flexibility index (Phi) is 6.59. The lowest BCUT2D eigenvalue weighted by Crippen LogP contribution is -2.42.